The summed E-state index contributed by atoms with van der Waals surface area (Å²) in [7, 11) is 1.93. The molecule has 1 rings (SSSR count). The fourth-order valence-corrected chi connectivity index (χ4v) is 2.69. The molecule has 0 unspecified atom stereocenters. The highest BCUT2D eigenvalue weighted by Crippen LogP contribution is 2.22. The number of hydrogen-bond acceptors (Lipinski definition) is 3. The fourth-order valence-electron chi connectivity index (χ4n) is 1.58. The Morgan fingerprint density at radius 1 is 1.36 bits per heavy atom. The molecule has 0 aliphatic carbocycles. The number of thioether (sulfide) groups is 1. The van der Waals surface area contributed by atoms with Gasteiger partial charge in [-0.2, -0.15) is 11.8 Å². The van der Waals surface area contributed by atoms with Crippen molar-refractivity contribution in [3.63, 3.8) is 0 Å². The highest BCUT2D eigenvalue weighted by atomic mass is 32.2. The molecule has 0 aromatic rings. The van der Waals surface area contributed by atoms with Crippen molar-refractivity contribution in [2.24, 2.45) is 5.92 Å². The maximum atomic E-state index is 11.6. The van der Waals surface area contributed by atoms with Gasteiger partial charge in [0.2, 0.25) is 5.91 Å². The van der Waals surface area contributed by atoms with Crippen LogP contribution in [0.5, 0.6) is 0 Å². The van der Waals surface area contributed by atoms with E-state index in [4.69, 9.17) is 0 Å². The molecule has 0 aromatic carbocycles. The summed E-state index contributed by atoms with van der Waals surface area (Å²) in [6, 6.07) is 0. The first kappa shape index (κ1) is 11.9. The van der Waals surface area contributed by atoms with Crippen molar-refractivity contribution in [3.8, 4) is 0 Å². The van der Waals surface area contributed by atoms with Crippen LogP contribution >= 0.6 is 11.8 Å². The van der Waals surface area contributed by atoms with E-state index in [1.165, 1.54) is 0 Å². The molecule has 0 spiro atoms. The average molecular weight is 216 g/mol. The zero-order chi connectivity index (χ0) is 10.2. The van der Waals surface area contributed by atoms with E-state index in [0.717, 1.165) is 43.9 Å². The van der Waals surface area contributed by atoms with E-state index in [1.54, 1.807) is 0 Å². The van der Waals surface area contributed by atoms with Crippen LogP contribution in [0.2, 0.25) is 0 Å². The van der Waals surface area contributed by atoms with E-state index in [2.05, 4.69) is 10.6 Å². The standard InChI is InChI=1S/C10H20N2OS/c1-11-5-2-6-12-10(13)9-3-7-14-8-4-9/h9,11H,2-8H2,1H3,(H,12,13). The van der Waals surface area contributed by atoms with Crippen molar-refractivity contribution in [3.05, 3.63) is 0 Å². The number of carbonyl (C=O) groups is 1. The maximum absolute atomic E-state index is 11.6. The third-order valence-corrected chi connectivity index (χ3v) is 3.54. The second-order valence-electron chi connectivity index (χ2n) is 3.63. The minimum atomic E-state index is 0.265. The van der Waals surface area contributed by atoms with Crippen LogP contribution in [0.15, 0.2) is 0 Å². The maximum Gasteiger partial charge on any atom is 0.223 e. The van der Waals surface area contributed by atoms with Crippen LogP contribution < -0.4 is 10.6 Å². The Balaban J connectivity index is 2.07. The summed E-state index contributed by atoms with van der Waals surface area (Å²) < 4.78 is 0. The smallest absolute Gasteiger partial charge is 0.223 e. The number of rotatable bonds is 5. The van der Waals surface area contributed by atoms with Crippen LogP contribution in [0, 0.1) is 5.92 Å². The Labute approximate surface area is 90.4 Å². The zero-order valence-electron chi connectivity index (χ0n) is 8.84. The Morgan fingerprint density at radius 2 is 2.07 bits per heavy atom. The summed E-state index contributed by atoms with van der Waals surface area (Å²) in [5.74, 6) is 2.84. The van der Waals surface area contributed by atoms with Crippen LogP contribution in [0.1, 0.15) is 19.3 Å². The summed E-state index contributed by atoms with van der Waals surface area (Å²) in [4.78, 5) is 11.6. The molecule has 3 nitrogen and oxygen atoms in total. The molecule has 1 amide bonds. The van der Waals surface area contributed by atoms with Crippen molar-refractivity contribution in [1.82, 2.24) is 10.6 Å². The lowest BCUT2D eigenvalue weighted by atomic mass is 10.0. The molecule has 1 aliphatic heterocycles. The lowest BCUT2D eigenvalue weighted by Crippen LogP contribution is -2.34. The molecule has 14 heavy (non-hydrogen) atoms. The largest absolute Gasteiger partial charge is 0.356 e. The van der Waals surface area contributed by atoms with E-state index >= 15 is 0 Å². The Bertz CT molecular complexity index is 170. The Morgan fingerprint density at radius 3 is 2.71 bits per heavy atom. The molecule has 0 bridgehead atoms. The lowest BCUT2D eigenvalue weighted by Gasteiger charge is -2.20. The third-order valence-electron chi connectivity index (χ3n) is 2.49. The highest BCUT2D eigenvalue weighted by molar-refractivity contribution is 7.99. The van der Waals surface area contributed by atoms with Gasteiger partial charge in [0.05, 0.1) is 0 Å². The van der Waals surface area contributed by atoms with E-state index in [-0.39, 0.29) is 11.8 Å². The molecule has 2 N–H and O–H groups in total. The summed E-state index contributed by atoms with van der Waals surface area (Å²) in [5.41, 5.74) is 0. The predicted octanol–water partition coefficient (Wildman–Crippen LogP) is 0.855. The molecule has 1 saturated heterocycles. The lowest BCUT2D eigenvalue weighted by molar-refractivity contribution is -0.125. The normalized spacial score (nSPS) is 18.1. The average Bonchev–Trinajstić information content (AvgIpc) is 2.25. The van der Waals surface area contributed by atoms with Gasteiger partial charge in [0.25, 0.3) is 0 Å². The topological polar surface area (TPSA) is 41.1 Å². The monoisotopic (exact) mass is 216 g/mol. The molecule has 1 fully saturated rings. The summed E-state index contributed by atoms with van der Waals surface area (Å²) >= 11 is 1.96. The predicted molar refractivity (Wildman–Crippen MR) is 61.6 cm³/mol. The second-order valence-corrected chi connectivity index (χ2v) is 4.86. The van der Waals surface area contributed by atoms with Gasteiger partial charge in [-0.15, -0.1) is 0 Å². The van der Waals surface area contributed by atoms with E-state index in [9.17, 15) is 4.79 Å². The van der Waals surface area contributed by atoms with Crippen LogP contribution in [-0.2, 0) is 4.79 Å². The minimum Gasteiger partial charge on any atom is -0.356 e. The first-order valence-corrected chi connectivity index (χ1v) is 6.50. The summed E-state index contributed by atoms with van der Waals surface area (Å²) in [6.07, 6.45) is 3.13. The SMILES string of the molecule is CNCCCNC(=O)C1CCSCC1. The molecular formula is C10H20N2OS. The summed E-state index contributed by atoms with van der Waals surface area (Å²) in [5, 5.41) is 6.07. The van der Waals surface area contributed by atoms with Gasteiger partial charge in [0.1, 0.15) is 0 Å². The van der Waals surface area contributed by atoms with Crippen molar-refractivity contribution in [1.29, 1.82) is 0 Å². The Hall–Kier alpha value is -0.220. The summed E-state index contributed by atoms with van der Waals surface area (Å²) in [6.45, 7) is 1.78. The second kappa shape index (κ2) is 7.12. The first-order valence-electron chi connectivity index (χ1n) is 5.34. The molecule has 0 radical (unpaired) electrons. The van der Waals surface area contributed by atoms with Gasteiger partial charge in [-0.1, -0.05) is 0 Å². The van der Waals surface area contributed by atoms with Crippen molar-refractivity contribution in [2.45, 2.75) is 19.3 Å². The molecule has 0 saturated carbocycles. The van der Waals surface area contributed by atoms with Gasteiger partial charge in [-0.3, -0.25) is 4.79 Å². The number of carbonyl (C=O) groups excluding carboxylic acids is 1. The van der Waals surface area contributed by atoms with Gasteiger partial charge in [0, 0.05) is 12.5 Å². The van der Waals surface area contributed by atoms with E-state index in [0.29, 0.717) is 0 Å². The van der Waals surface area contributed by atoms with Crippen molar-refractivity contribution >= 4 is 17.7 Å². The van der Waals surface area contributed by atoms with Gasteiger partial charge >= 0.3 is 0 Å². The number of hydrogen-bond donors (Lipinski definition) is 2. The molecule has 82 valence electrons. The molecule has 1 heterocycles. The van der Waals surface area contributed by atoms with Crippen LogP contribution in [0.3, 0.4) is 0 Å². The van der Waals surface area contributed by atoms with Gasteiger partial charge in [-0.05, 0) is 44.4 Å². The number of amides is 1. The zero-order valence-corrected chi connectivity index (χ0v) is 9.66. The van der Waals surface area contributed by atoms with Gasteiger partial charge in [-0.25, -0.2) is 0 Å². The molecule has 1 aliphatic rings. The van der Waals surface area contributed by atoms with Gasteiger partial charge < -0.3 is 10.6 Å². The van der Waals surface area contributed by atoms with Crippen LogP contribution in [-0.4, -0.2) is 37.6 Å². The van der Waals surface area contributed by atoms with Gasteiger partial charge in [0.15, 0.2) is 0 Å². The van der Waals surface area contributed by atoms with Crippen LogP contribution in [0.25, 0.3) is 0 Å². The molecule has 0 atom stereocenters. The third kappa shape index (κ3) is 4.33. The Kier molecular flexibility index (Phi) is 6.03. The quantitative estimate of drug-likeness (QED) is 0.670. The fraction of sp³-hybridized carbons (Fsp3) is 0.900. The van der Waals surface area contributed by atoms with Crippen molar-refractivity contribution < 1.29 is 4.79 Å². The molecular weight excluding hydrogens is 196 g/mol. The highest BCUT2D eigenvalue weighted by Gasteiger charge is 2.20. The van der Waals surface area contributed by atoms with E-state index < -0.39 is 0 Å². The molecule has 0 aromatic heterocycles. The minimum absolute atomic E-state index is 0.265. The van der Waals surface area contributed by atoms with E-state index in [1.807, 2.05) is 18.8 Å². The first-order chi connectivity index (χ1) is 6.84. The number of nitrogens with one attached hydrogen (secondary N) is 2. The van der Waals surface area contributed by atoms with Crippen molar-refractivity contribution in [2.75, 3.05) is 31.6 Å². The van der Waals surface area contributed by atoms with Crippen LogP contribution in [0.4, 0.5) is 0 Å². The molecule has 4 heteroatoms.